The molecule has 1 N–H and O–H groups in total. The van der Waals surface area contributed by atoms with Crippen molar-refractivity contribution < 1.29 is 4.79 Å². The lowest BCUT2D eigenvalue weighted by molar-refractivity contribution is -0.133. The van der Waals surface area contributed by atoms with Gasteiger partial charge in [0.2, 0.25) is 5.91 Å². The van der Waals surface area contributed by atoms with Crippen molar-refractivity contribution >= 4 is 35.8 Å². The highest BCUT2D eigenvalue weighted by atomic mass is 127. The highest BCUT2D eigenvalue weighted by Crippen LogP contribution is 2.10. The third kappa shape index (κ3) is 8.25. The Hall–Kier alpha value is -1.36. The van der Waals surface area contributed by atoms with Crippen molar-refractivity contribution in [2.75, 3.05) is 58.9 Å². The number of piperazine rings is 1. The normalized spacial score (nSPS) is 18.1. The fourth-order valence-corrected chi connectivity index (χ4v) is 4.20. The average molecular weight is 546 g/mol. The van der Waals surface area contributed by atoms with Gasteiger partial charge in [0.1, 0.15) is 5.82 Å². The standard InChI is InChI=1S/C22H39N7O.HI/c1-3-23-22(25-9-5-8-11-27-14-10-24-20(27)2)29-17-15-26(16-18-29)19-21(30)28-12-6-4-7-13-28;/h10,14H,3-9,11-13,15-19H2,1-2H3,(H,23,25);1H. The zero-order valence-corrected chi connectivity index (χ0v) is 21.6. The Morgan fingerprint density at radius 1 is 1.06 bits per heavy atom. The second-order valence-electron chi connectivity index (χ2n) is 8.32. The summed E-state index contributed by atoms with van der Waals surface area (Å²) in [6, 6.07) is 0. The molecule has 0 atom stereocenters. The molecule has 0 radical (unpaired) electrons. The highest BCUT2D eigenvalue weighted by Gasteiger charge is 2.23. The monoisotopic (exact) mass is 545 g/mol. The molecule has 2 aliphatic rings. The molecule has 0 bridgehead atoms. The van der Waals surface area contributed by atoms with Crippen molar-refractivity contribution in [3.63, 3.8) is 0 Å². The summed E-state index contributed by atoms with van der Waals surface area (Å²) in [5.74, 6) is 2.39. The van der Waals surface area contributed by atoms with Crippen molar-refractivity contribution in [1.82, 2.24) is 29.6 Å². The summed E-state index contributed by atoms with van der Waals surface area (Å²) in [7, 11) is 0. The largest absolute Gasteiger partial charge is 0.357 e. The molecule has 1 amide bonds. The maximum absolute atomic E-state index is 12.5. The molecule has 0 unspecified atom stereocenters. The van der Waals surface area contributed by atoms with E-state index in [0.29, 0.717) is 12.5 Å². The van der Waals surface area contributed by atoms with Crippen LogP contribution in [0.25, 0.3) is 0 Å². The number of aliphatic imine (C=N–C) groups is 1. The lowest BCUT2D eigenvalue weighted by atomic mass is 10.1. The van der Waals surface area contributed by atoms with Crippen LogP contribution in [0, 0.1) is 6.92 Å². The topological polar surface area (TPSA) is 69.0 Å². The fraction of sp³-hybridized carbons (Fsp3) is 0.773. The second-order valence-corrected chi connectivity index (χ2v) is 8.32. The van der Waals surface area contributed by atoms with Crippen LogP contribution in [0.5, 0.6) is 0 Å². The van der Waals surface area contributed by atoms with Crippen molar-refractivity contribution in [2.45, 2.75) is 52.5 Å². The van der Waals surface area contributed by atoms with Gasteiger partial charge in [-0.2, -0.15) is 0 Å². The Morgan fingerprint density at radius 3 is 2.45 bits per heavy atom. The van der Waals surface area contributed by atoms with Crippen molar-refractivity contribution in [3.05, 3.63) is 18.2 Å². The van der Waals surface area contributed by atoms with Gasteiger partial charge in [-0.05, 0) is 46.0 Å². The first kappa shape index (κ1) is 25.9. The number of likely N-dealkylation sites (tertiary alicyclic amines) is 1. The molecule has 0 aliphatic carbocycles. The van der Waals surface area contributed by atoms with Gasteiger partial charge >= 0.3 is 0 Å². The lowest BCUT2D eigenvalue weighted by Crippen LogP contribution is -2.54. The maximum atomic E-state index is 12.5. The predicted molar refractivity (Wildman–Crippen MR) is 136 cm³/mol. The zero-order chi connectivity index (χ0) is 21.2. The third-order valence-corrected chi connectivity index (χ3v) is 6.07. The van der Waals surface area contributed by atoms with E-state index in [-0.39, 0.29) is 24.0 Å². The van der Waals surface area contributed by atoms with E-state index in [1.165, 1.54) is 6.42 Å². The number of guanidine groups is 1. The zero-order valence-electron chi connectivity index (χ0n) is 19.3. The number of imidazole rings is 1. The number of carbonyl (C=O) groups excluding carboxylic acids is 1. The van der Waals surface area contributed by atoms with Crippen LogP contribution >= 0.6 is 24.0 Å². The number of unbranched alkanes of at least 4 members (excludes halogenated alkanes) is 1. The number of halogens is 1. The van der Waals surface area contributed by atoms with Crippen molar-refractivity contribution in [1.29, 1.82) is 0 Å². The number of hydrogen-bond donors (Lipinski definition) is 1. The molecule has 3 heterocycles. The van der Waals surface area contributed by atoms with Crippen LogP contribution in [0.4, 0.5) is 0 Å². The van der Waals surface area contributed by atoms with Gasteiger partial charge in [0.15, 0.2) is 5.96 Å². The van der Waals surface area contributed by atoms with Crippen LogP contribution in [0.2, 0.25) is 0 Å². The quantitative estimate of drug-likeness (QED) is 0.235. The molecule has 0 aromatic carbocycles. The first-order valence-corrected chi connectivity index (χ1v) is 11.7. The molecular weight excluding hydrogens is 505 g/mol. The molecule has 8 nitrogen and oxygen atoms in total. The SMILES string of the molecule is CCNC(=NCCCCn1ccnc1C)N1CCN(CC(=O)N2CCCCC2)CC1.I. The Bertz CT molecular complexity index is 679. The van der Waals surface area contributed by atoms with Gasteiger partial charge in [-0.1, -0.05) is 0 Å². The van der Waals surface area contributed by atoms with Crippen LogP contribution in [0.15, 0.2) is 17.4 Å². The van der Waals surface area contributed by atoms with Crippen LogP contribution in [-0.4, -0.2) is 95.0 Å². The molecule has 2 fully saturated rings. The highest BCUT2D eigenvalue weighted by molar-refractivity contribution is 14.0. The fourth-order valence-electron chi connectivity index (χ4n) is 4.20. The van der Waals surface area contributed by atoms with E-state index in [2.05, 4.69) is 31.6 Å². The Balaban J connectivity index is 0.00000341. The molecule has 2 saturated heterocycles. The van der Waals surface area contributed by atoms with Gasteiger partial charge in [-0.15, -0.1) is 24.0 Å². The average Bonchev–Trinajstić information content (AvgIpc) is 3.18. The molecule has 9 heteroatoms. The van der Waals surface area contributed by atoms with E-state index in [1.54, 1.807) is 0 Å². The maximum Gasteiger partial charge on any atom is 0.236 e. The van der Waals surface area contributed by atoms with Gasteiger partial charge in [-0.25, -0.2) is 4.98 Å². The van der Waals surface area contributed by atoms with Gasteiger partial charge < -0.3 is 19.7 Å². The molecule has 0 spiro atoms. The lowest BCUT2D eigenvalue weighted by Gasteiger charge is -2.37. The third-order valence-electron chi connectivity index (χ3n) is 6.07. The summed E-state index contributed by atoms with van der Waals surface area (Å²) in [6.45, 7) is 13.0. The number of nitrogens with one attached hydrogen (secondary N) is 1. The van der Waals surface area contributed by atoms with Gasteiger partial charge in [-0.3, -0.25) is 14.7 Å². The van der Waals surface area contributed by atoms with Gasteiger partial charge in [0, 0.05) is 71.3 Å². The first-order valence-electron chi connectivity index (χ1n) is 11.7. The summed E-state index contributed by atoms with van der Waals surface area (Å²) in [6.07, 6.45) is 9.64. The summed E-state index contributed by atoms with van der Waals surface area (Å²) >= 11 is 0. The molecule has 176 valence electrons. The number of hydrogen-bond acceptors (Lipinski definition) is 4. The number of nitrogens with zero attached hydrogens (tertiary/aromatic N) is 6. The summed E-state index contributed by atoms with van der Waals surface area (Å²) in [4.78, 5) is 28.3. The van der Waals surface area contributed by atoms with Crippen LogP contribution < -0.4 is 5.32 Å². The van der Waals surface area contributed by atoms with E-state index in [0.717, 1.165) is 96.4 Å². The number of amides is 1. The molecule has 3 rings (SSSR count). The van der Waals surface area contributed by atoms with Gasteiger partial charge in [0.05, 0.1) is 6.54 Å². The Morgan fingerprint density at radius 2 is 1.81 bits per heavy atom. The number of carbonyl (C=O) groups is 1. The molecule has 31 heavy (non-hydrogen) atoms. The van der Waals surface area contributed by atoms with E-state index in [4.69, 9.17) is 4.99 Å². The molecular formula is C22H40IN7O. The number of piperidine rings is 1. The van der Waals surface area contributed by atoms with Crippen LogP contribution in [0.3, 0.4) is 0 Å². The second kappa shape index (κ2) is 13.9. The number of aryl methyl sites for hydroxylation is 2. The summed E-state index contributed by atoms with van der Waals surface area (Å²) < 4.78 is 2.19. The van der Waals surface area contributed by atoms with Crippen molar-refractivity contribution in [3.8, 4) is 0 Å². The number of aromatic nitrogens is 2. The first-order chi connectivity index (χ1) is 14.7. The minimum absolute atomic E-state index is 0. The minimum Gasteiger partial charge on any atom is -0.357 e. The Kier molecular flexibility index (Phi) is 11.6. The predicted octanol–water partition coefficient (Wildman–Crippen LogP) is 2.19. The number of rotatable bonds is 8. The molecule has 1 aromatic heterocycles. The molecule has 0 saturated carbocycles. The van der Waals surface area contributed by atoms with Gasteiger partial charge in [0.25, 0.3) is 0 Å². The van der Waals surface area contributed by atoms with Crippen molar-refractivity contribution in [2.24, 2.45) is 4.99 Å². The van der Waals surface area contributed by atoms with E-state index in [9.17, 15) is 4.79 Å². The Labute approximate surface area is 204 Å². The van der Waals surface area contributed by atoms with E-state index < -0.39 is 0 Å². The minimum atomic E-state index is 0. The molecule has 1 aromatic rings. The van der Waals surface area contributed by atoms with E-state index in [1.807, 2.05) is 24.2 Å². The van der Waals surface area contributed by atoms with Crippen LogP contribution in [-0.2, 0) is 11.3 Å². The smallest absolute Gasteiger partial charge is 0.236 e. The summed E-state index contributed by atoms with van der Waals surface area (Å²) in [5, 5.41) is 3.44. The summed E-state index contributed by atoms with van der Waals surface area (Å²) in [5.41, 5.74) is 0. The van der Waals surface area contributed by atoms with Crippen LogP contribution in [0.1, 0.15) is 44.9 Å². The molecule has 2 aliphatic heterocycles. The van der Waals surface area contributed by atoms with E-state index >= 15 is 0 Å².